The van der Waals surface area contributed by atoms with Gasteiger partial charge in [0.05, 0.1) is 0 Å². The van der Waals surface area contributed by atoms with Crippen molar-refractivity contribution in [1.29, 1.82) is 0 Å². The molecule has 0 spiro atoms. The summed E-state index contributed by atoms with van der Waals surface area (Å²) < 4.78 is 0. The van der Waals surface area contributed by atoms with E-state index < -0.39 is 0 Å². The number of aliphatic imine (C=N–C) groups is 1. The Morgan fingerprint density at radius 3 is 2.68 bits per heavy atom. The minimum atomic E-state index is 0.402. The lowest BCUT2D eigenvalue weighted by atomic mass is 9.89. The highest BCUT2D eigenvalue weighted by Gasteiger charge is 2.21. The highest BCUT2D eigenvalue weighted by Crippen LogP contribution is 2.21. The predicted molar refractivity (Wildman–Crippen MR) is 97.5 cm³/mol. The van der Waals surface area contributed by atoms with Crippen molar-refractivity contribution in [1.82, 2.24) is 15.5 Å². The van der Waals surface area contributed by atoms with E-state index in [1.807, 2.05) is 7.05 Å². The Kier molecular flexibility index (Phi) is 8.23. The van der Waals surface area contributed by atoms with Crippen LogP contribution in [0.2, 0.25) is 0 Å². The van der Waals surface area contributed by atoms with Crippen molar-refractivity contribution in [3.63, 3.8) is 0 Å². The second-order valence-electron chi connectivity index (χ2n) is 8.05. The molecule has 1 heterocycles. The molecule has 1 rings (SSSR count). The molecule has 0 aromatic carbocycles. The lowest BCUT2D eigenvalue weighted by molar-refractivity contribution is 0.324. The SMILES string of the molecule is CCCN1CCC(CNC(=NC)NC(C)CCC(C)(C)C)C1. The maximum Gasteiger partial charge on any atom is 0.191 e. The summed E-state index contributed by atoms with van der Waals surface area (Å²) in [6.07, 6.45) is 4.98. The van der Waals surface area contributed by atoms with E-state index in [-0.39, 0.29) is 0 Å². The van der Waals surface area contributed by atoms with Gasteiger partial charge >= 0.3 is 0 Å². The van der Waals surface area contributed by atoms with Crippen LogP contribution in [0.1, 0.15) is 60.3 Å². The Labute approximate surface area is 138 Å². The van der Waals surface area contributed by atoms with E-state index in [0.717, 1.165) is 18.4 Å². The molecule has 2 unspecified atom stereocenters. The molecule has 1 fully saturated rings. The van der Waals surface area contributed by atoms with Gasteiger partial charge in [-0.1, -0.05) is 27.7 Å². The summed E-state index contributed by atoms with van der Waals surface area (Å²) in [6, 6.07) is 0.464. The molecule has 0 saturated carbocycles. The summed E-state index contributed by atoms with van der Waals surface area (Å²) in [7, 11) is 1.86. The monoisotopic (exact) mass is 310 g/mol. The van der Waals surface area contributed by atoms with Gasteiger partial charge in [0.1, 0.15) is 0 Å². The first kappa shape index (κ1) is 19.3. The summed E-state index contributed by atoms with van der Waals surface area (Å²) in [6.45, 7) is 16.2. The summed E-state index contributed by atoms with van der Waals surface area (Å²) in [5.41, 5.74) is 0.402. The van der Waals surface area contributed by atoms with Gasteiger partial charge in [0.15, 0.2) is 5.96 Å². The standard InChI is InChI=1S/C18H38N4/c1-7-11-22-12-9-16(14-22)13-20-17(19-6)21-15(2)8-10-18(3,4)5/h15-16H,7-14H2,1-6H3,(H2,19,20,21). The molecule has 0 aromatic rings. The zero-order valence-electron chi connectivity index (χ0n) is 15.7. The van der Waals surface area contributed by atoms with E-state index in [1.54, 1.807) is 0 Å². The second-order valence-corrected chi connectivity index (χ2v) is 8.05. The van der Waals surface area contributed by atoms with E-state index in [4.69, 9.17) is 0 Å². The third kappa shape index (κ3) is 8.02. The first-order valence-corrected chi connectivity index (χ1v) is 9.03. The van der Waals surface area contributed by atoms with E-state index in [2.05, 4.69) is 55.1 Å². The van der Waals surface area contributed by atoms with Crippen LogP contribution in [0.25, 0.3) is 0 Å². The Bertz CT molecular complexity index is 332. The molecule has 130 valence electrons. The van der Waals surface area contributed by atoms with Crippen molar-refractivity contribution < 1.29 is 0 Å². The topological polar surface area (TPSA) is 39.7 Å². The summed E-state index contributed by atoms with van der Waals surface area (Å²) in [4.78, 5) is 6.95. The average molecular weight is 311 g/mol. The second kappa shape index (κ2) is 9.39. The third-order valence-corrected chi connectivity index (χ3v) is 4.40. The molecule has 4 nitrogen and oxygen atoms in total. The van der Waals surface area contributed by atoms with Crippen LogP contribution in [-0.2, 0) is 0 Å². The number of hydrogen-bond acceptors (Lipinski definition) is 2. The third-order valence-electron chi connectivity index (χ3n) is 4.40. The van der Waals surface area contributed by atoms with E-state index in [0.29, 0.717) is 11.5 Å². The molecule has 0 bridgehead atoms. The Morgan fingerprint density at radius 2 is 2.09 bits per heavy atom. The summed E-state index contributed by atoms with van der Waals surface area (Å²) >= 11 is 0. The largest absolute Gasteiger partial charge is 0.356 e. The molecular weight excluding hydrogens is 272 g/mol. The van der Waals surface area contributed by atoms with Crippen molar-refractivity contribution in [2.24, 2.45) is 16.3 Å². The van der Waals surface area contributed by atoms with Gasteiger partial charge in [-0.25, -0.2) is 0 Å². The van der Waals surface area contributed by atoms with E-state index in [1.165, 1.54) is 45.3 Å². The van der Waals surface area contributed by atoms with Crippen LogP contribution in [-0.4, -0.2) is 50.1 Å². The number of likely N-dealkylation sites (tertiary alicyclic amines) is 1. The van der Waals surface area contributed by atoms with Crippen LogP contribution in [0.3, 0.4) is 0 Å². The highest BCUT2D eigenvalue weighted by molar-refractivity contribution is 5.79. The fourth-order valence-electron chi connectivity index (χ4n) is 2.99. The predicted octanol–water partition coefficient (Wildman–Crippen LogP) is 3.10. The number of nitrogens with one attached hydrogen (secondary N) is 2. The molecule has 0 amide bonds. The number of rotatable bonds is 7. The van der Waals surface area contributed by atoms with Gasteiger partial charge in [0.25, 0.3) is 0 Å². The molecule has 0 radical (unpaired) electrons. The molecule has 1 saturated heterocycles. The first-order valence-electron chi connectivity index (χ1n) is 9.03. The van der Waals surface area contributed by atoms with Gasteiger partial charge in [0.2, 0.25) is 0 Å². The summed E-state index contributed by atoms with van der Waals surface area (Å²) in [5.74, 6) is 1.71. The number of guanidine groups is 1. The van der Waals surface area contributed by atoms with Gasteiger partial charge in [-0.2, -0.15) is 0 Å². The van der Waals surface area contributed by atoms with Crippen LogP contribution < -0.4 is 10.6 Å². The zero-order chi connectivity index (χ0) is 16.6. The minimum Gasteiger partial charge on any atom is -0.356 e. The molecule has 0 aliphatic carbocycles. The van der Waals surface area contributed by atoms with E-state index >= 15 is 0 Å². The molecule has 2 N–H and O–H groups in total. The molecule has 1 aliphatic rings. The Hall–Kier alpha value is -0.770. The molecule has 1 aliphatic heterocycles. The minimum absolute atomic E-state index is 0.402. The maximum absolute atomic E-state index is 4.37. The molecule has 22 heavy (non-hydrogen) atoms. The lowest BCUT2D eigenvalue weighted by Gasteiger charge is -2.23. The molecular formula is C18H38N4. The average Bonchev–Trinajstić information content (AvgIpc) is 2.88. The number of hydrogen-bond donors (Lipinski definition) is 2. The van der Waals surface area contributed by atoms with Crippen molar-refractivity contribution in [3.05, 3.63) is 0 Å². The molecule has 4 heteroatoms. The fourth-order valence-corrected chi connectivity index (χ4v) is 2.99. The summed E-state index contributed by atoms with van der Waals surface area (Å²) in [5, 5.41) is 7.04. The lowest BCUT2D eigenvalue weighted by Crippen LogP contribution is -2.44. The van der Waals surface area contributed by atoms with E-state index in [9.17, 15) is 0 Å². The quantitative estimate of drug-likeness (QED) is 0.561. The zero-order valence-corrected chi connectivity index (χ0v) is 15.7. The van der Waals surface area contributed by atoms with Gasteiger partial charge in [-0.15, -0.1) is 0 Å². The van der Waals surface area contributed by atoms with Crippen LogP contribution in [0.5, 0.6) is 0 Å². The van der Waals surface area contributed by atoms with Crippen molar-refractivity contribution in [3.8, 4) is 0 Å². The Balaban J connectivity index is 2.25. The van der Waals surface area contributed by atoms with Crippen LogP contribution in [0.4, 0.5) is 0 Å². The van der Waals surface area contributed by atoms with Crippen LogP contribution >= 0.6 is 0 Å². The van der Waals surface area contributed by atoms with Crippen LogP contribution in [0.15, 0.2) is 4.99 Å². The highest BCUT2D eigenvalue weighted by atomic mass is 15.2. The van der Waals surface area contributed by atoms with Crippen molar-refractivity contribution in [2.45, 2.75) is 66.3 Å². The van der Waals surface area contributed by atoms with Crippen LogP contribution in [0, 0.1) is 11.3 Å². The smallest absolute Gasteiger partial charge is 0.191 e. The Morgan fingerprint density at radius 1 is 1.36 bits per heavy atom. The normalized spacial score (nSPS) is 21.9. The van der Waals surface area contributed by atoms with Gasteiger partial charge in [0, 0.05) is 26.2 Å². The van der Waals surface area contributed by atoms with Crippen molar-refractivity contribution in [2.75, 3.05) is 33.2 Å². The fraction of sp³-hybridized carbons (Fsp3) is 0.944. The van der Waals surface area contributed by atoms with Gasteiger partial charge in [-0.05, 0) is 57.0 Å². The van der Waals surface area contributed by atoms with Crippen molar-refractivity contribution >= 4 is 5.96 Å². The van der Waals surface area contributed by atoms with Gasteiger partial charge in [-0.3, -0.25) is 4.99 Å². The number of nitrogens with zero attached hydrogens (tertiary/aromatic N) is 2. The molecule has 2 atom stereocenters. The maximum atomic E-state index is 4.37. The first-order chi connectivity index (χ1) is 10.3. The van der Waals surface area contributed by atoms with Gasteiger partial charge < -0.3 is 15.5 Å². The molecule has 0 aromatic heterocycles.